The van der Waals surface area contributed by atoms with Crippen LogP contribution in [0.25, 0.3) is 6.08 Å². The first-order valence-corrected chi connectivity index (χ1v) is 6.88. The van der Waals surface area contributed by atoms with Gasteiger partial charge in [0.1, 0.15) is 0 Å². The third-order valence-corrected chi connectivity index (χ3v) is 3.32. The molecule has 3 nitrogen and oxygen atoms in total. The quantitative estimate of drug-likeness (QED) is 0.864. The molecule has 2 aromatic rings. The second-order valence-corrected chi connectivity index (χ2v) is 5.10. The van der Waals surface area contributed by atoms with E-state index in [1.165, 1.54) is 0 Å². The molecule has 2 rings (SSSR count). The van der Waals surface area contributed by atoms with E-state index in [0.717, 1.165) is 16.9 Å². The highest BCUT2D eigenvalue weighted by atomic mass is 32.1. The average molecular weight is 272 g/mol. The second-order valence-electron chi connectivity index (χ2n) is 4.32. The van der Waals surface area contributed by atoms with E-state index in [4.69, 9.17) is 0 Å². The van der Waals surface area contributed by atoms with Crippen molar-refractivity contribution < 1.29 is 4.79 Å². The molecule has 0 atom stereocenters. The fraction of sp³-hybridized carbons (Fsp3) is 0.133. The van der Waals surface area contributed by atoms with Crippen molar-refractivity contribution in [2.24, 2.45) is 0 Å². The largest absolute Gasteiger partial charge is 0.378 e. The van der Waals surface area contributed by atoms with Crippen molar-refractivity contribution in [3.8, 4) is 0 Å². The molecule has 0 aliphatic carbocycles. The van der Waals surface area contributed by atoms with E-state index in [1.54, 1.807) is 23.5 Å². The molecular formula is C15H16N2OS. The van der Waals surface area contributed by atoms with Gasteiger partial charge in [-0.05, 0) is 52.7 Å². The maximum atomic E-state index is 11.7. The van der Waals surface area contributed by atoms with Gasteiger partial charge in [-0.15, -0.1) is 0 Å². The lowest BCUT2D eigenvalue weighted by Crippen LogP contribution is -2.10. The normalized spacial score (nSPS) is 10.6. The first-order chi connectivity index (χ1) is 9.15. The van der Waals surface area contributed by atoms with E-state index in [9.17, 15) is 4.79 Å². The molecule has 0 saturated heterocycles. The Morgan fingerprint density at radius 1 is 1.21 bits per heavy atom. The van der Waals surface area contributed by atoms with Gasteiger partial charge in [-0.3, -0.25) is 4.79 Å². The number of nitrogens with one attached hydrogen (secondary N) is 1. The zero-order valence-electron chi connectivity index (χ0n) is 11.0. The third-order valence-electron chi connectivity index (χ3n) is 2.62. The fourth-order valence-corrected chi connectivity index (χ4v) is 2.20. The van der Waals surface area contributed by atoms with E-state index in [0.29, 0.717) is 0 Å². The minimum Gasteiger partial charge on any atom is -0.378 e. The van der Waals surface area contributed by atoms with E-state index < -0.39 is 0 Å². The number of nitrogens with zero attached hydrogens (tertiary/aromatic N) is 1. The van der Waals surface area contributed by atoms with Crippen molar-refractivity contribution in [1.29, 1.82) is 0 Å². The van der Waals surface area contributed by atoms with Crippen LogP contribution in [-0.4, -0.2) is 20.0 Å². The molecule has 0 saturated carbocycles. The Kier molecular flexibility index (Phi) is 4.36. The van der Waals surface area contributed by atoms with Gasteiger partial charge in [0.25, 0.3) is 0 Å². The molecule has 0 radical (unpaired) electrons. The van der Waals surface area contributed by atoms with Gasteiger partial charge in [-0.25, -0.2) is 0 Å². The summed E-state index contributed by atoms with van der Waals surface area (Å²) in [5.41, 5.74) is 2.94. The maximum absolute atomic E-state index is 11.7. The minimum atomic E-state index is -0.121. The van der Waals surface area contributed by atoms with E-state index in [1.807, 2.05) is 60.1 Å². The van der Waals surface area contributed by atoms with Crippen molar-refractivity contribution in [1.82, 2.24) is 0 Å². The minimum absolute atomic E-state index is 0.121. The summed E-state index contributed by atoms with van der Waals surface area (Å²) in [4.78, 5) is 13.7. The fourth-order valence-electron chi connectivity index (χ4n) is 1.57. The lowest BCUT2D eigenvalue weighted by atomic mass is 10.2. The maximum Gasteiger partial charge on any atom is 0.248 e. The smallest absolute Gasteiger partial charge is 0.248 e. The van der Waals surface area contributed by atoms with Gasteiger partial charge in [0.15, 0.2) is 0 Å². The molecule has 19 heavy (non-hydrogen) atoms. The Balaban J connectivity index is 1.95. The van der Waals surface area contributed by atoms with Gasteiger partial charge in [0.2, 0.25) is 5.91 Å². The number of amides is 1. The van der Waals surface area contributed by atoms with Crippen LogP contribution in [0.5, 0.6) is 0 Å². The Hall–Kier alpha value is -2.07. The highest BCUT2D eigenvalue weighted by molar-refractivity contribution is 7.08. The molecule has 0 unspecified atom stereocenters. The lowest BCUT2D eigenvalue weighted by Gasteiger charge is -2.12. The highest BCUT2D eigenvalue weighted by Crippen LogP contribution is 2.15. The van der Waals surface area contributed by atoms with Gasteiger partial charge in [-0.1, -0.05) is 0 Å². The number of hydrogen-bond acceptors (Lipinski definition) is 3. The number of anilines is 2. The Bertz CT molecular complexity index is 556. The van der Waals surface area contributed by atoms with Crippen LogP contribution in [0.3, 0.4) is 0 Å². The zero-order chi connectivity index (χ0) is 13.7. The van der Waals surface area contributed by atoms with Gasteiger partial charge in [0, 0.05) is 31.5 Å². The molecule has 0 aliphatic heterocycles. The summed E-state index contributed by atoms with van der Waals surface area (Å²) in [5, 5.41) is 6.81. The molecule has 0 spiro atoms. The van der Waals surface area contributed by atoms with Gasteiger partial charge >= 0.3 is 0 Å². The number of hydrogen-bond donors (Lipinski definition) is 1. The van der Waals surface area contributed by atoms with Crippen LogP contribution in [0.15, 0.2) is 47.2 Å². The molecule has 1 aromatic carbocycles. The molecule has 4 heteroatoms. The highest BCUT2D eigenvalue weighted by Gasteiger charge is 1.99. The van der Waals surface area contributed by atoms with Crippen LogP contribution in [0, 0.1) is 0 Å². The van der Waals surface area contributed by atoms with E-state index in [2.05, 4.69) is 5.32 Å². The predicted octanol–water partition coefficient (Wildman–Crippen LogP) is 3.47. The molecule has 0 fully saturated rings. The molecule has 1 amide bonds. The van der Waals surface area contributed by atoms with Crippen LogP contribution in [0.1, 0.15) is 5.56 Å². The summed E-state index contributed by atoms with van der Waals surface area (Å²) in [5.74, 6) is -0.121. The van der Waals surface area contributed by atoms with E-state index in [-0.39, 0.29) is 5.91 Å². The van der Waals surface area contributed by atoms with Crippen molar-refractivity contribution in [2.45, 2.75) is 0 Å². The van der Waals surface area contributed by atoms with Crippen molar-refractivity contribution >= 4 is 34.7 Å². The van der Waals surface area contributed by atoms with Crippen LogP contribution in [0.2, 0.25) is 0 Å². The summed E-state index contributed by atoms with van der Waals surface area (Å²) < 4.78 is 0. The number of carbonyl (C=O) groups is 1. The summed E-state index contributed by atoms with van der Waals surface area (Å²) in [6.45, 7) is 0. The molecule has 1 N–H and O–H groups in total. The van der Waals surface area contributed by atoms with Crippen LogP contribution >= 0.6 is 11.3 Å². The zero-order valence-corrected chi connectivity index (χ0v) is 11.8. The van der Waals surface area contributed by atoms with Gasteiger partial charge in [0.05, 0.1) is 0 Å². The number of rotatable bonds is 4. The summed E-state index contributed by atoms with van der Waals surface area (Å²) in [7, 11) is 3.97. The summed E-state index contributed by atoms with van der Waals surface area (Å²) in [6.07, 6.45) is 3.35. The predicted molar refractivity (Wildman–Crippen MR) is 82.8 cm³/mol. The molecule has 1 aromatic heterocycles. The summed E-state index contributed by atoms with van der Waals surface area (Å²) in [6, 6.07) is 9.70. The van der Waals surface area contributed by atoms with Crippen molar-refractivity contribution in [3.05, 3.63) is 52.7 Å². The molecule has 1 heterocycles. The number of thiophene rings is 1. The first kappa shape index (κ1) is 13.4. The Morgan fingerprint density at radius 3 is 2.53 bits per heavy atom. The molecule has 0 bridgehead atoms. The van der Waals surface area contributed by atoms with E-state index >= 15 is 0 Å². The van der Waals surface area contributed by atoms with Crippen molar-refractivity contribution in [2.75, 3.05) is 24.3 Å². The lowest BCUT2D eigenvalue weighted by molar-refractivity contribution is -0.111. The van der Waals surface area contributed by atoms with Crippen molar-refractivity contribution in [3.63, 3.8) is 0 Å². The summed E-state index contributed by atoms with van der Waals surface area (Å²) >= 11 is 1.61. The van der Waals surface area contributed by atoms with Gasteiger partial charge in [-0.2, -0.15) is 11.3 Å². The SMILES string of the molecule is CN(C)c1ccc(NC(=O)/C=C/c2ccsc2)cc1. The molecule has 0 aliphatic rings. The van der Waals surface area contributed by atoms with Crippen LogP contribution < -0.4 is 10.2 Å². The number of carbonyl (C=O) groups excluding carboxylic acids is 1. The Morgan fingerprint density at radius 2 is 1.95 bits per heavy atom. The second kappa shape index (κ2) is 6.20. The molecular weight excluding hydrogens is 256 g/mol. The number of benzene rings is 1. The van der Waals surface area contributed by atoms with Gasteiger partial charge < -0.3 is 10.2 Å². The molecule has 98 valence electrons. The van der Waals surface area contributed by atoms with Crippen LogP contribution in [-0.2, 0) is 4.79 Å². The monoisotopic (exact) mass is 272 g/mol. The topological polar surface area (TPSA) is 32.3 Å². The average Bonchev–Trinajstić information content (AvgIpc) is 2.90. The standard InChI is InChI=1S/C15H16N2OS/c1-17(2)14-6-4-13(5-7-14)16-15(18)8-3-12-9-10-19-11-12/h3-11H,1-2H3,(H,16,18)/b8-3+. The van der Waals surface area contributed by atoms with Crippen LogP contribution in [0.4, 0.5) is 11.4 Å². The third kappa shape index (κ3) is 3.96. The Labute approximate surface area is 117 Å². The first-order valence-electron chi connectivity index (χ1n) is 5.94.